The van der Waals surface area contributed by atoms with Crippen molar-refractivity contribution in [1.29, 1.82) is 0 Å². The molecule has 7 rings (SSSR count). The van der Waals surface area contributed by atoms with E-state index in [9.17, 15) is 28.8 Å². The van der Waals surface area contributed by atoms with Gasteiger partial charge in [0.05, 0.1) is 17.8 Å². The van der Waals surface area contributed by atoms with Crippen molar-refractivity contribution in [2.45, 2.75) is 97.8 Å². The predicted octanol–water partition coefficient (Wildman–Crippen LogP) is 10.6. The molecule has 4 aromatic rings. The molecule has 0 bridgehead atoms. The van der Waals surface area contributed by atoms with Gasteiger partial charge in [-0.2, -0.15) is 0 Å². The largest absolute Gasteiger partial charge is 0.426 e. The van der Waals surface area contributed by atoms with E-state index in [-0.39, 0.29) is 52.4 Å². The van der Waals surface area contributed by atoms with E-state index in [4.69, 9.17) is 14.2 Å². The summed E-state index contributed by atoms with van der Waals surface area (Å²) in [7, 11) is 0. The zero-order valence-corrected chi connectivity index (χ0v) is 36.3. The first kappa shape index (κ1) is 44.7. The van der Waals surface area contributed by atoms with Crippen molar-refractivity contribution in [3.05, 3.63) is 108 Å². The standard InChI is InChI=1S/C51H57N3O9/c1-31-4-10-34(11-5-31)49(58)61-43-22-16-40(17-23-43)52-46(55)37-28-38(47(56)53-41-18-24-44(25-19-41)62-50(59)35-12-6-32(2)7-13-35)30-39(29-37)48(57)54-42-20-26-45(27-21-42)63-51(60)36-14-8-33(3)9-15-36/h16-36H,4-15H2,1-3H3,(H,52,55)(H,53,56)(H,54,57). The molecular formula is C51H57N3O9. The first-order chi connectivity index (χ1) is 30.3. The summed E-state index contributed by atoms with van der Waals surface area (Å²) in [5.74, 6) is -0.00349. The van der Waals surface area contributed by atoms with Gasteiger partial charge in [-0.05, 0) is 186 Å². The Hall–Kier alpha value is -6.30. The lowest BCUT2D eigenvalue weighted by atomic mass is 9.83. The van der Waals surface area contributed by atoms with Gasteiger partial charge in [-0.3, -0.25) is 28.8 Å². The molecule has 0 unspecified atom stereocenters. The average molecular weight is 856 g/mol. The number of benzene rings is 4. The Morgan fingerprint density at radius 1 is 0.365 bits per heavy atom. The second kappa shape index (κ2) is 20.7. The van der Waals surface area contributed by atoms with Crippen molar-refractivity contribution < 1.29 is 43.0 Å². The van der Waals surface area contributed by atoms with Gasteiger partial charge >= 0.3 is 17.9 Å². The van der Waals surface area contributed by atoms with Crippen LogP contribution in [0.1, 0.15) is 129 Å². The molecule has 0 saturated heterocycles. The van der Waals surface area contributed by atoms with Crippen molar-refractivity contribution in [3.8, 4) is 17.2 Å². The number of nitrogens with one attached hydrogen (secondary N) is 3. The lowest BCUT2D eigenvalue weighted by Gasteiger charge is -2.24. The summed E-state index contributed by atoms with van der Waals surface area (Å²) in [6.45, 7) is 6.57. The molecule has 0 aromatic heterocycles. The third-order valence-corrected chi connectivity index (χ3v) is 12.8. The molecule has 3 amide bonds. The maximum atomic E-state index is 13.7. The van der Waals surface area contributed by atoms with Crippen LogP contribution in [0.2, 0.25) is 0 Å². The Morgan fingerprint density at radius 2 is 0.587 bits per heavy atom. The molecule has 3 aliphatic carbocycles. The molecule has 3 fully saturated rings. The van der Waals surface area contributed by atoms with Crippen LogP contribution in [0.15, 0.2) is 91.0 Å². The third kappa shape index (κ3) is 12.4. The van der Waals surface area contributed by atoms with Crippen molar-refractivity contribution in [2.24, 2.45) is 35.5 Å². The van der Waals surface area contributed by atoms with E-state index >= 15 is 0 Å². The minimum Gasteiger partial charge on any atom is -0.426 e. The molecular weight excluding hydrogens is 799 g/mol. The van der Waals surface area contributed by atoms with Gasteiger partial charge in [0, 0.05) is 33.8 Å². The number of anilines is 3. The van der Waals surface area contributed by atoms with Crippen LogP contribution in [-0.4, -0.2) is 35.6 Å². The van der Waals surface area contributed by atoms with Crippen LogP contribution in [0.25, 0.3) is 0 Å². The van der Waals surface area contributed by atoms with Gasteiger partial charge in [-0.15, -0.1) is 0 Å². The first-order valence-electron chi connectivity index (χ1n) is 22.4. The monoisotopic (exact) mass is 855 g/mol. The molecule has 12 heteroatoms. The van der Waals surface area contributed by atoms with Gasteiger partial charge < -0.3 is 30.2 Å². The number of carbonyl (C=O) groups excluding carboxylic acids is 6. The molecule has 63 heavy (non-hydrogen) atoms. The summed E-state index contributed by atoms with van der Waals surface area (Å²) in [6.07, 6.45) is 10.8. The van der Waals surface area contributed by atoms with E-state index < -0.39 is 17.7 Å². The zero-order chi connectivity index (χ0) is 44.5. The zero-order valence-electron chi connectivity index (χ0n) is 36.3. The summed E-state index contributed by atoms with van der Waals surface area (Å²) in [6, 6.07) is 23.5. The number of amides is 3. The molecule has 330 valence electrons. The van der Waals surface area contributed by atoms with Gasteiger partial charge in [0.1, 0.15) is 17.2 Å². The van der Waals surface area contributed by atoms with Crippen molar-refractivity contribution >= 4 is 52.7 Å². The molecule has 0 aliphatic heterocycles. The van der Waals surface area contributed by atoms with Gasteiger partial charge in [0.15, 0.2) is 0 Å². The number of ether oxygens (including phenoxy) is 3. The van der Waals surface area contributed by atoms with Crippen molar-refractivity contribution in [2.75, 3.05) is 16.0 Å². The fourth-order valence-corrected chi connectivity index (χ4v) is 8.54. The summed E-state index contributed by atoms with van der Waals surface area (Å²) >= 11 is 0. The quantitative estimate of drug-likeness (QED) is 0.0928. The van der Waals surface area contributed by atoms with Crippen molar-refractivity contribution in [1.82, 2.24) is 0 Å². The Morgan fingerprint density at radius 3 is 0.810 bits per heavy atom. The minimum absolute atomic E-state index is 0.0357. The van der Waals surface area contributed by atoms with Crippen LogP contribution in [0.4, 0.5) is 17.1 Å². The SMILES string of the molecule is CC1CCC(C(=O)Oc2ccc(NC(=O)c3cc(C(=O)Nc4ccc(OC(=O)C5CCC(C)CC5)cc4)cc(C(=O)Nc4ccc(OC(=O)C5CCC(C)CC5)cc4)c3)cc2)CC1. The number of hydrogen-bond acceptors (Lipinski definition) is 9. The van der Waals surface area contributed by atoms with E-state index in [0.717, 1.165) is 77.0 Å². The Kier molecular flexibility index (Phi) is 14.7. The predicted molar refractivity (Wildman–Crippen MR) is 240 cm³/mol. The van der Waals surface area contributed by atoms with E-state index in [2.05, 4.69) is 36.7 Å². The summed E-state index contributed by atoms with van der Waals surface area (Å²) < 4.78 is 16.9. The molecule has 0 atom stereocenters. The number of hydrogen-bond donors (Lipinski definition) is 3. The lowest BCUT2D eigenvalue weighted by molar-refractivity contribution is -0.141. The normalized spacial score (nSPS) is 22.1. The molecule has 3 aliphatic rings. The topological polar surface area (TPSA) is 166 Å². The van der Waals surface area contributed by atoms with Crippen LogP contribution in [0.5, 0.6) is 17.2 Å². The highest BCUT2D eigenvalue weighted by Gasteiger charge is 2.28. The smallest absolute Gasteiger partial charge is 0.314 e. The molecule has 4 aromatic carbocycles. The summed E-state index contributed by atoms with van der Waals surface area (Å²) in [5.41, 5.74) is 1.33. The summed E-state index contributed by atoms with van der Waals surface area (Å²) in [5, 5.41) is 8.42. The Bertz CT molecular complexity index is 2000. The first-order valence-corrected chi connectivity index (χ1v) is 22.4. The van der Waals surface area contributed by atoms with Crippen LogP contribution in [0, 0.1) is 35.5 Å². The van der Waals surface area contributed by atoms with Crippen LogP contribution < -0.4 is 30.2 Å². The number of esters is 3. The Balaban J connectivity index is 1.03. The van der Waals surface area contributed by atoms with Gasteiger partial charge in [-0.25, -0.2) is 0 Å². The maximum absolute atomic E-state index is 13.7. The van der Waals surface area contributed by atoms with E-state index in [0.29, 0.717) is 52.1 Å². The van der Waals surface area contributed by atoms with E-state index in [1.165, 1.54) is 18.2 Å². The van der Waals surface area contributed by atoms with Gasteiger partial charge in [-0.1, -0.05) is 20.8 Å². The summed E-state index contributed by atoms with van der Waals surface area (Å²) in [4.78, 5) is 79.5. The third-order valence-electron chi connectivity index (χ3n) is 12.8. The highest BCUT2D eigenvalue weighted by atomic mass is 16.5. The average Bonchev–Trinajstić information content (AvgIpc) is 3.28. The molecule has 0 spiro atoms. The van der Waals surface area contributed by atoms with Crippen LogP contribution >= 0.6 is 0 Å². The maximum Gasteiger partial charge on any atom is 0.314 e. The van der Waals surface area contributed by atoms with Crippen LogP contribution in [-0.2, 0) is 14.4 Å². The molecule has 12 nitrogen and oxygen atoms in total. The van der Waals surface area contributed by atoms with Gasteiger partial charge in [0.2, 0.25) is 0 Å². The highest BCUT2D eigenvalue weighted by molar-refractivity contribution is 6.13. The second-order valence-corrected chi connectivity index (χ2v) is 17.9. The molecule has 0 heterocycles. The van der Waals surface area contributed by atoms with E-state index in [1.54, 1.807) is 72.8 Å². The number of rotatable bonds is 12. The van der Waals surface area contributed by atoms with Crippen LogP contribution in [0.3, 0.4) is 0 Å². The number of carbonyl (C=O) groups is 6. The fourth-order valence-electron chi connectivity index (χ4n) is 8.54. The molecule has 3 N–H and O–H groups in total. The Labute approximate surface area is 368 Å². The molecule has 0 radical (unpaired) electrons. The minimum atomic E-state index is -0.586. The lowest BCUT2D eigenvalue weighted by Crippen LogP contribution is -2.25. The molecule has 3 saturated carbocycles. The van der Waals surface area contributed by atoms with Crippen molar-refractivity contribution in [3.63, 3.8) is 0 Å². The van der Waals surface area contributed by atoms with Gasteiger partial charge in [0.25, 0.3) is 17.7 Å². The fraction of sp³-hybridized carbons (Fsp3) is 0.412. The highest BCUT2D eigenvalue weighted by Crippen LogP contribution is 2.33. The second-order valence-electron chi connectivity index (χ2n) is 17.9. The van der Waals surface area contributed by atoms with E-state index in [1.807, 2.05) is 0 Å².